The van der Waals surface area contributed by atoms with Crippen molar-refractivity contribution in [2.24, 2.45) is 0 Å². The van der Waals surface area contributed by atoms with Crippen LogP contribution in [0.25, 0.3) is 0 Å². The molecular formula is C19H26BrFN2O4S. The Hall–Kier alpha value is -1.42. The van der Waals surface area contributed by atoms with Gasteiger partial charge in [-0.05, 0) is 45.9 Å². The largest absolute Gasteiger partial charge is 0.598 e. The van der Waals surface area contributed by atoms with Crippen molar-refractivity contribution >= 4 is 39.0 Å². The number of carboxylic acids is 1. The number of nitrogens with zero attached hydrogens (tertiary/aromatic N) is 1. The van der Waals surface area contributed by atoms with Gasteiger partial charge < -0.3 is 14.6 Å². The van der Waals surface area contributed by atoms with E-state index in [1.54, 1.807) is 34.9 Å². The number of aliphatic carboxylic acids is 1. The summed E-state index contributed by atoms with van der Waals surface area (Å²) < 4.78 is 30.1. The molecule has 2 N–H and O–H groups in total. The lowest BCUT2D eigenvalue weighted by Gasteiger charge is -2.35. The van der Waals surface area contributed by atoms with Crippen LogP contribution in [0.15, 0.2) is 34.4 Å². The molecule has 0 amide bonds. The fourth-order valence-electron chi connectivity index (χ4n) is 2.39. The summed E-state index contributed by atoms with van der Waals surface area (Å²) in [7, 11) is 3.19. The van der Waals surface area contributed by atoms with E-state index in [4.69, 9.17) is 0 Å². The number of Topliss-reactive ketones (excluding diaryl/α,β-unsaturated/α-hetero) is 1. The predicted molar refractivity (Wildman–Crippen MR) is 112 cm³/mol. The van der Waals surface area contributed by atoms with E-state index in [-0.39, 0.29) is 5.56 Å². The van der Waals surface area contributed by atoms with Crippen LogP contribution in [0.5, 0.6) is 0 Å². The summed E-state index contributed by atoms with van der Waals surface area (Å²) in [6.45, 7) is 6.76. The summed E-state index contributed by atoms with van der Waals surface area (Å²) >= 11 is 1.64. The number of hydrogen-bond acceptors (Lipinski definition) is 5. The fourth-order valence-corrected chi connectivity index (χ4v) is 3.64. The summed E-state index contributed by atoms with van der Waals surface area (Å²) in [5.41, 5.74) is -1.72. The van der Waals surface area contributed by atoms with Crippen molar-refractivity contribution in [2.75, 3.05) is 14.1 Å². The summed E-state index contributed by atoms with van der Waals surface area (Å²) in [4.78, 5) is 25.8. The number of halogens is 2. The van der Waals surface area contributed by atoms with Gasteiger partial charge in [0.15, 0.2) is 5.78 Å². The number of hydrogen-bond donors (Lipinski definition) is 2. The van der Waals surface area contributed by atoms with Gasteiger partial charge in [-0.1, -0.05) is 15.9 Å². The molecular weight excluding hydrogens is 451 g/mol. The Bertz CT molecular complexity index is 780. The van der Waals surface area contributed by atoms with Crippen LogP contribution >= 0.6 is 15.9 Å². The monoisotopic (exact) mass is 476 g/mol. The lowest BCUT2D eigenvalue weighted by atomic mass is 9.86. The number of carbonyl (C=O) groups is 2. The smallest absolute Gasteiger partial charge is 0.340 e. The third-order valence-corrected chi connectivity index (χ3v) is 6.07. The number of nitrogens with one attached hydrogen (secondary N) is 1. The van der Waals surface area contributed by atoms with Gasteiger partial charge in [-0.2, -0.15) is 0 Å². The summed E-state index contributed by atoms with van der Waals surface area (Å²) in [6.07, 6.45) is 0.803. The first-order valence-electron chi connectivity index (χ1n) is 8.47. The molecule has 0 aliphatic carbocycles. The van der Waals surface area contributed by atoms with Crippen LogP contribution in [0.4, 0.5) is 4.39 Å². The number of carboxylic acid groups (broad SMARTS) is 1. The average molecular weight is 477 g/mol. The first kappa shape index (κ1) is 24.6. The first-order chi connectivity index (χ1) is 12.7. The van der Waals surface area contributed by atoms with Gasteiger partial charge in [-0.25, -0.2) is 9.18 Å². The molecule has 0 radical (unpaired) electrons. The van der Waals surface area contributed by atoms with E-state index in [0.29, 0.717) is 4.47 Å². The standard InChI is InChI=1S/C19H26BrFN2O4S/c1-18(2,3)28(27)22-19(4,14-9-12(20)7-8-15(14)21)10-16(24)13(17(25)26)11-23(5)6/h7-9,11,22H,10H2,1-6H3,(H,25,26). The maximum Gasteiger partial charge on any atom is 0.340 e. The van der Waals surface area contributed by atoms with Gasteiger partial charge in [0.25, 0.3) is 0 Å². The van der Waals surface area contributed by atoms with Gasteiger partial charge in [0.05, 0.1) is 5.54 Å². The van der Waals surface area contributed by atoms with Crippen LogP contribution in [0, 0.1) is 5.82 Å². The van der Waals surface area contributed by atoms with Crippen LogP contribution in [-0.2, 0) is 26.5 Å². The number of benzene rings is 1. The molecule has 6 nitrogen and oxygen atoms in total. The highest BCUT2D eigenvalue weighted by Crippen LogP contribution is 2.33. The second-order valence-electron chi connectivity index (χ2n) is 7.85. The van der Waals surface area contributed by atoms with Crippen molar-refractivity contribution in [2.45, 2.75) is 44.4 Å². The van der Waals surface area contributed by atoms with Crippen molar-refractivity contribution in [1.82, 2.24) is 9.62 Å². The Labute approximate surface area is 176 Å². The van der Waals surface area contributed by atoms with Gasteiger partial charge in [0.2, 0.25) is 0 Å². The molecule has 0 aliphatic rings. The zero-order valence-corrected chi connectivity index (χ0v) is 19.2. The van der Waals surface area contributed by atoms with E-state index in [1.807, 2.05) is 0 Å². The van der Waals surface area contributed by atoms with Gasteiger partial charge in [-0.15, -0.1) is 4.72 Å². The second-order valence-corrected chi connectivity index (χ2v) is 10.7. The highest BCUT2D eigenvalue weighted by Gasteiger charge is 2.41. The van der Waals surface area contributed by atoms with E-state index in [9.17, 15) is 23.6 Å². The zero-order valence-electron chi connectivity index (χ0n) is 16.8. The minimum atomic E-state index is -1.63. The Morgan fingerprint density at radius 2 is 1.89 bits per heavy atom. The number of carbonyl (C=O) groups excluding carboxylic acids is 1. The Morgan fingerprint density at radius 3 is 2.36 bits per heavy atom. The molecule has 0 spiro atoms. The van der Waals surface area contributed by atoms with E-state index in [0.717, 1.165) is 0 Å². The molecule has 0 saturated carbocycles. The van der Waals surface area contributed by atoms with Gasteiger partial charge >= 0.3 is 5.97 Å². The number of rotatable bonds is 8. The predicted octanol–water partition coefficient (Wildman–Crippen LogP) is 3.34. The maximum absolute atomic E-state index is 14.6. The highest BCUT2D eigenvalue weighted by molar-refractivity contribution is 9.10. The molecule has 0 bridgehead atoms. The zero-order chi connectivity index (χ0) is 21.9. The van der Waals surface area contributed by atoms with Crippen LogP contribution in [-0.4, -0.2) is 45.2 Å². The second kappa shape index (κ2) is 9.39. The number of ketones is 1. The molecule has 0 saturated heterocycles. The van der Waals surface area contributed by atoms with Crippen molar-refractivity contribution in [3.8, 4) is 0 Å². The van der Waals surface area contributed by atoms with Crippen LogP contribution < -0.4 is 4.72 Å². The van der Waals surface area contributed by atoms with Gasteiger partial charge in [0.1, 0.15) is 16.1 Å². The topological polar surface area (TPSA) is 92.7 Å². The normalized spacial score (nSPS) is 15.7. The minimum Gasteiger partial charge on any atom is -0.598 e. The molecule has 2 atom stereocenters. The quantitative estimate of drug-likeness (QED) is 0.258. The average Bonchev–Trinajstić information content (AvgIpc) is 2.53. The molecule has 9 heteroatoms. The molecule has 28 heavy (non-hydrogen) atoms. The van der Waals surface area contributed by atoms with Crippen molar-refractivity contribution in [1.29, 1.82) is 0 Å². The van der Waals surface area contributed by atoms with Crippen LogP contribution in [0.1, 0.15) is 39.7 Å². The molecule has 1 aromatic rings. The Kier molecular flexibility index (Phi) is 8.25. The third kappa shape index (κ3) is 6.58. The molecule has 0 fully saturated rings. The molecule has 1 rings (SSSR count). The summed E-state index contributed by atoms with van der Waals surface area (Å²) in [5.74, 6) is -2.68. The van der Waals surface area contributed by atoms with E-state index in [1.165, 1.54) is 36.2 Å². The van der Waals surface area contributed by atoms with Crippen molar-refractivity contribution in [3.05, 3.63) is 45.8 Å². The molecule has 2 unspecified atom stereocenters. The third-order valence-electron chi connectivity index (χ3n) is 3.83. The Balaban J connectivity index is 3.45. The van der Waals surface area contributed by atoms with Crippen LogP contribution in [0.2, 0.25) is 0 Å². The molecule has 1 aromatic carbocycles. The maximum atomic E-state index is 14.6. The molecule has 0 aromatic heterocycles. The summed E-state index contributed by atoms with van der Waals surface area (Å²) in [6, 6.07) is 4.24. The highest BCUT2D eigenvalue weighted by atomic mass is 79.9. The van der Waals surface area contributed by atoms with Crippen LogP contribution in [0.3, 0.4) is 0 Å². The van der Waals surface area contributed by atoms with Crippen molar-refractivity contribution in [3.63, 3.8) is 0 Å². The summed E-state index contributed by atoms with van der Waals surface area (Å²) in [5, 5.41) is 9.39. The lowest BCUT2D eigenvalue weighted by Crippen LogP contribution is -2.51. The van der Waals surface area contributed by atoms with Gasteiger partial charge in [0, 0.05) is 48.1 Å². The van der Waals surface area contributed by atoms with E-state index in [2.05, 4.69) is 20.7 Å². The minimum absolute atomic E-state index is 0.113. The van der Waals surface area contributed by atoms with E-state index < -0.39 is 51.2 Å². The molecule has 0 aliphatic heterocycles. The first-order valence-corrected chi connectivity index (χ1v) is 10.4. The SMILES string of the molecule is CN(C)C=C(C(=O)O)C(=O)CC(C)(N[S+]([O-])C(C)(C)C)c1cc(Br)ccc1F. The van der Waals surface area contributed by atoms with Gasteiger partial charge in [-0.3, -0.25) is 4.79 Å². The van der Waals surface area contributed by atoms with Crippen molar-refractivity contribution < 1.29 is 23.6 Å². The molecule has 156 valence electrons. The van der Waals surface area contributed by atoms with E-state index >= 15 is 0 Å². The Morgan fingerprint density at radius 1 is 1.32 bits per heavy atom. The lowest BCUT2D eigenvalue weighted by molar-refractivity contribution is -0.134. The molecule has 0 heterocycles. The fraction of sp³-hybridized carbons (Fsp3) is 0.474.